The fraction of sp³-hybridized carbons (Fsp3) is 0.269. The molecule has 0 bridgehead atoms. The first-order chi connectivity index (χ1) is 17.1. The Kier molecular flexibility index (Phi) is 5.99. The smallest absolute Gasteiger partial charge is 0.269 e. The quantitative estimate of drug-likeness (QED) is 0.208. The third kappa shape index (κ3) is 4.44. The standard InChI is InChI=1S/C26H23FN4O4S/c1-26(2)11-18-21(19(32)12-26)20(14-7-9-16(10-8-14)31(34)35)22-23(28-18)29-25(30-24(22)33)36-13-15-5-3-4-6-17(15)27/h3-10,20H,11-13H2,1-2H3,(H2,28,29,30,33). The van der Waals surface area contributed by atoms with Crippen molar-refractivity contribution >= 4 is 29.1 Å². The number of benzene rings is 2. The lowest BCUT2D eigenvalue weighted by atomic mass is 9.69. The number of nitrogens with one attached hydrogen (secondary N) is 2. The number of Topliss-reactive ketones (excluding diaryl/α,β-unsaturated/α-hetero) is 1. The molecule has 1 unspecified atom stereocenters. The van der Waals surface area contributed by atoms with Crippen LogP contribution in [0.25, 0.3) is 0 Å². The molecular weight excluding hydrogens is 483 g/mol. The van der Waals surface area contributed by atoms with Crippen molar-refractivity contribution in [2.45, 2.75) is 43.5 Å². The highest BCUT2D eigenvalue weighted by molar-refractivity contribution is 7.98. The molecule has 184 valence electrons. The van der Waals surface area contributed by atoms with Gasteiger partial charge in [0.2, 0.25) is 0 Å². The number of thioether (sulfide) groups is 1. The van der Waals surface area contributed by atoms with Crippen molar-refractivity contribution in [1.82, 2.24) is 9.97 Å². The second-order valence-corrected chi connectivity index (χ2v) is 10.7. The highest BCUT2D eigenvalue weighted by Gasteiger charge is 2.42. The number of ketones is 1. The summed E-state index contributed by atoms with van der Waals surface area (Å²) in [6, 6.07) is 12.3. The third-order valence-corrected chi connectivity index (χ3v) is 7.38. The van der Waals surface area contributed by atoms with Gasteiger partial charge in [0.1, 0.15) is 11.6 Å². The molecule has 0 fully saturated rings. The number of aromatic nitrogens is 2. The van der Waals surface area contributed by atoms with Gasteiger partial charge in [0.25, 0.3) is 11.2 Å². The molecule has 2 N–H and O–H groups in total. The number of carbonyl (C=O) groups is 1. The maximum absolute atomic E-state index is 14.1. The lowest BCUT2D eigenvalue weighted by molar-refractivity contribution is -0.384. The van der Waals surface area contributed by atoms with Gasteiger partial charge in [0.05, 0.1) is 10.5 Å². The SMILES string of the molecule is CC1(C)CC(=O)C2=C(C1)Nc1nc(SCc3ccccc3F)[nH]c(=O)c1C2c1ccc([N+](=O)[O-])cc1. The van der Waals surface area contributed by atoms with Gasteiger partial charge >= 0.3 is 0 Å². The van der Waals surface area contributed by atoms with E-state index in [1.807, 2.05) is 13.8 Å². The van der Waals surface area contributed by atoms with E-state index in [-0.39, 0.29) is 34.0 Å². The number of halogens is 1. The van der Waals surface area contributed by atoms with Crippen LogP contribution in [0, 0.1) is 21.3 Å². The summed E-state index contributed by atoms with van der Waals surface area (Å²) >= 11 is 1.20. The minimum absolute atomic E-state index is 0.0693. The number of H-pyrrole nitrogens is 1. The van der Waals surface area contributed by atoms with Gasteiger partial charge in [-0.25, -0.2) is 9.37 Å². The molecule has 36 heavy (non-hydrogen) atoms. The predicted octanol–water partition coefficient (Wildman–Crippen LogP) is 5.31. The van der Waals surface area contributed by atoms with E-state index in [9.17, 15) is 24.1 Å². The summed E-state index contributed by atoms with van der Waals surface area (Å²) in [4.78, 5) is 44.7. The Hall–Kier alpha value is -3.79. The molecule has 2 aromatic carbocycles. The molecule has 2 heterocycles. The highest BCUT2D eigenvalue weighted by Crippen LogP contribution is 2.47. The first-order valence-corrected chi connectivity index (χ1v) is 12.4. The number of carbonyl (C=O) groups excluding carboxylic acids is 1. The van der Waals surface area contributed by atoms with Gasteiger partial charge in [0.15, 0.2) is 10.9 Å². The Morgan fingerprint density at radius 1 is 1.14 bits per heavy atom. The van der Waals surface area contributed by atoms with Gasteiger partial charge in [-0.1, -0.05) is 55.9 Å². The number of fused-ring (bicyclic) bond motifs is 1. The zero-order chi connectivity index (χ0) is 25.6. The van der Waals surface area contributed by atoms with Crippen molar-refractivity contribution in [2.24, 2.45) is 5.41 Å². The maximum Gasteiger partial charge on any atom is 0.269 e. The van der Waals surface area contributed by atoms with Gasteiger partial charge < -0.3 is 10.3 Å². The van der Waals surface area contributed by atoms with Crippen LogP contribution in [0.4, 0.5) is 15.9 Å². The molecule has 0 spiro atoms. The van der Waals surface area contributed by atoms with Gasteiger partial charge in [0, 0.05) is 41.5 Å². The monoisotopic (exact) mass is 506 g/mol. The van der Waals surface area contributed by atoms with Crippen LogP contribution in [0.3, 0.4) is 0 Å². The summed E-state index contributed by atoms with van der Waals surface area (Å²) in [5.41, 5.74) is 1.80. The van der Waals surface area contributed by atoms with E-state index in [1.54, 1.807) is 30.3 Å². The van der Waals surface area contributed by atoms with Crippen LogP contribution in [-0.2, 0) is 10.5 Å². The largest absolute Gasteiger partial charge is 0.343 e. The van der Waals surface area contributed by atoms with E-state index in [2.05, 4.69) is 15.3 Å². The van der Waals surface area contributed by atoms with Crippen molar-refractivity contribution in [3.8, 4) is 0 Å². The molecule has 1 aliphatic carbocycles. The van der Waals surface area contributed by atoms with Gasteiger partial charge in [-0.3, -0.25) is 19.7 Å². The summed E-state index contributed by atoms with van der Waals surface area (Å²) in [5.74, 6) is -0.496. The average molecular weight is 507 g/mol. The first kappa shape index (κ1) is 23.9. The number of nitro groups is 1. The molecule has 5 rings (SSSR count). The van der Waals surface area contributed by atoms with Crippen LogP contribution < -0.4 is 10.9 Å². The van der Waals surface area contributed by atoms with Gasteiger partial charge in [-0.05, 0) is 29.0 Å². The van der Waals surface area contributed by atoms with E-state index >= 15 is 0 Å². The lowest BCUT2D eigenvalue weighted by Crippen LogP contribution is -2.37. The number of allylic oxidation sites excluding steroid dienone is 2. The predicted molar refractivity (Wildman–Crippen MR) is 134 cm³/mol. The van der Waals surface area contributed by atoms with Crippen LogP contribution in [0.15, 0.2) is 69.8 Å². The van der Waals surface area contributed by atoms with E-state index in [0.717, 1.165) is 0 Å². The molecule has 0 amide bonds. The summed E-state index contributed by atoms with van der Waals surface area (Å²) in [7, 11) is 0. The Morgan fingerprint density at radius 2 is 1.86 bits per heavy atom. The number of hydrogen-bond donors (Lipinski definition) is 2. The van der Waals surface area contributed by atoms with Crippen LogP contribution in [0.5, 0.6) is 0 Å². The zero-order valence-electron chi connectivity index (χ0n) is 19.6. The fourth-order valence-electron chi connectivity index (χ4n) is 4.85. The Labute approximate surface area is 210 Å². The van der Waals surface area contributed by atoms with Gasteiger partial charge in [-0.2, -0.15) is 0 Å². The topological polar surface area (TPSA) is 118 Å². The number of non-ortho nitro benzene ring substituents is 1. The molecule has 3 aromatic rings. The summed E-state index contributed by atoms with van der Waals surface area (Å²) < 4.78 is 14.1. The van der Waals surface area contributed by atoms with Crippen molar-refractivity contribution in [1.29, 1.82) is 0 Å². The molecule has 2 aliphatic rings. The number of nitro benzene ring substituents is 1. The molecular formula is C26H23FN4O4S. The van der Waals surface area contributed by atoms with E-state index in [0.29, 0.717) is 46.2 Å². The van der Waals surface area contributed by atoms with Crippen molar-refractivity contribution in [2.75, 3.05) is 5.32 Å². The summed E-state index contributed by atoms with van der Waals surface area (Å²) in [5, 5.41) is 14.7. The molecule has 0 saturated carbocycles. The van der Waals surface area contributed by atoms with Gasteiger partial charge in [-0.15, -0.1) is 0 Å². The summed E-state index contributed by atoms with van der Waals surface area (Å²) in [6.07, 6.45) is 0.914. The van der Waals surface area contributed by atoms with Crippen LogP contribution >= 0.6 is 11.8 Å². The van der Waals surface area contributed by atoms with Crippen molar-refractivity contribution in [3.05, 3.63) is 103 Å². The number of anilines is 1. The second-order valence-electron chi connectivity index (χ2n) is 9.75. The first-order valence-electron chi connectivity index (χ1n) is 11.4. The molecule has 1 aromatic heterocycles. The van der Waals surface area contributed by atoms with E-state index in [1.165, 1.54) is 30.0 Å². The van der Waals surface area contributed by atoms with Crippen LogP contribution in [-0.4, -0.2) is 20.7 Å². The van der Waals surface area contributed by atoms with E-state index < -0.39 is 16.4 Å². The normalized spacial score (nSPS) is 18.3. The Balaban J connectivity index is 1.59. The molecule has 8 nitrogen and oxygen atoms in total. The second kappa shape index (κ2) is 9.02. The molecule has 10 heteroatoms. The van der Waals surface area contributed by atoms with E-state index in [4.69, 9.17) is 0 Å². The number of rotatable bonds is 5. The average Bonchev–Trinajstić information content (AvgIpc) is 2.81. The fourth-order valence-corrected chi connectivity index (χ4v) is 5.69. The number of nitrogens with zero attached hydrogens (tertiary/aromatic N) is 2. The van der Waals surface area contributed by atoms with Crippen LogP contribution in [0.1, 0.15) is 49.3 Å². The lowest BCUT2D eigenvalue weighted by Gasteiger charge is -2.38. The minimum atomic E-state index is -0.706. The minimum Gasteiger partial charge on any atom is -0.343 e. The maximum atomic E-state index is 14.1. The molecule has 0 radical (unpaired) electrons. The zero-order valence-corrected chi connectivity index (χ0v) is 20.4. The van der Waals surface area contributed by atoms with Crippen molar-refractivity contribution < 1.29 is 14.1 Å². The van der Waals surface area contributed by atoms with Crippen LogP contribution in [0.2, 0.25) is 0 Å². The Bertz CT molecular complexity index is 1480. The molecule has 1 aliphatic heterocycles. The number of aromatic amines is 1. The van der Waals surface area contributed by atoms with Crippen molar-refractivity contribution in [3.63, 3.8) is 0 Å². The Morgan fingerprint density at radius 3 is 2.56 bits per heavy atom. The molecule has 0 saturated heterocycles. The number of hydrogen-bond acceptors (Lipinski definition) is 7. The highest BCUT2D eigenvalue weighted by atomic mass is 32.2. The third-order valence-electron chi connectivity index (χ3n) is 6.46. The summed E-state index contributed by atoms with van der Waals surface area (Å²) in [6.45, 7) is 4.02. The molecule has 1 atom stereocenters.